The van der Waals surface area contributed by atoms with Gasteiger partial charge in [-0.15, -0.1) is 0 Å². The molecule has 0 spiro atoms. The molecule has 2 aromatic rings. The number of hydrogen-bond donors (Lipinski definition) is 0. The van der Waals surface area contributed by atoms with Crippen molar-refractivity contribution in [3.63, 3.8) is 0 Å². The molecule has 0 aromatic heterocycles. The largest absolute Gasteiger partial charge is 0.497 e. The maximum absolute atomic E-state index is 12.6. The molecule has 0 bridgehead atoms. The Labute approximate surface area is 129 Å². The van der Waals surface area contributed by atoms with E-state index in [-0.39, 0.29) is 18.2 Å². The van der Waals surface area contributed by atoms with Crippen molar-refractivity contribution in [2.45, 2.75) is 12.8 Å². The average molecular weight is 295 g/mol. The second-order valence-corrected chi connectivity index (χ2v) is 5.29. The van der Waals surface area contributed by atoms with Crippen molar-refractivity contribution in [3.8, 4) is 5.75 Å². The molecular weight excluding hydrogens is 278 g/mol. The Morgan fingerprint density at radius 1 is 1.09 bits per heavy atom. The minimum absolute atomic E-state index is 0.140. The first kappa shape index (κ1) is 14.3. The summed E-state index contributed by atoms with van der Waals surface area (Å²) in [6, 6.07) is 15.1. The van der Waals surface area contributed by atoms with Gasteiger partial charge in [0.2, 0.25) is 5.91 Å². The number of rotatable bonds is 4. The Kier molecular flexibility index (Phi) is 3.92. The van der Waals surface area contributed by atoms with E-state index >= 15 is 0 Å². The summed E-state index contributed by atoms with van der Waals surface area (Å²) >= 11 is 0. The van der Waals surface area contributed by atoms with E-state index < -0.39 is 0 Å². The van der Waals surface area contributed by atoms with Gasteiger partial charge in [0.05, 0.1) is 13.5 Å². The highest BCUT2D eigenvalue weighted by Gasteiger charge is 2.30. The van der Waals surface area contributed by atoms with Crippen LogP contribution < -0.4 is 4.74 Å². The lowest BCUT2D eigenvalue weighted by molar-refractivity contribution is -0.128. The predicted octanol–water partition coefficient (Wildman–Crippen LogP) is 2.46. The summed E-state index contributed by atoms with van der Waals surface area (Å²) in [4.78, 5) is 26.1. The number of fused-ring (bicyclic) bond motifs is 1. The van der Waals surface area contributed by atoms with Crippen molar-refractivity contribution < 1.29 is 14.3 Å². The Balaban J connectivity index is 1.80. The van der Waals surface area contributed by atoms with Gasteiger partial charge in [-0.25, -0.2) is 0 Å². The van der Waals surface area contributed by atoms with E-state index in [9.17, 15) is 9.59 Å². The van der Waals surface area contributed by atoms with E-state index in [1.54, 1.807) is 25.3 Å². The molecule has 1 aliphatic rings. The van der Waals surface area contributed by atoms with Crippen LogP contribution in [0, 0.1) is 0 Å². The summed E-state index contributed by atoms with van der Waals surface area (Å²) in [5.74, 6) is 0.254. The highest BCUT2D eigenvalue weighted by molar-refractivity contribution is 6.09. The van der Waals surface area contributed by atoms with E-state index in [0.29, 0.717) is 24.3 Å². The van der Waals surface area contributed by atoms with Crippen molar-refractivity contribution in [1.29, 1.82) is 0 Å². The van der Waals surface area contributed by atoms with Crippen LogP contribution in [0.15, 0.2) is 48.5 Å². The van der Waals surface area contributed by atoms with E-state index in [1.165, 1.54) is 4.90 Å². The van der Waals surface area contributed by atoms with Gasteiger partial charge in [0.1, 0.15) is 5.75 Å². The minimum atomic E-state index is -0.235. The quantitative estimate of drug-likeness (QED) is 0.814. The zero-order valence-corrected chi connectivity index (χ0v) is 12.4. The molecule has 112 valence electrons. The first-order valence-corrected chi connectivity index (χ1v) is 7.24. The van der Waals surface area contributed by atoms with Gasteiger partial charge < -0.3 is 4.74 Å². The second kappa shape index (κ2) is 6.02. The van der Waals surface area contributed by atoms with Crippen LogP contribution in [-0.2, 0) is 17.6 Å². The summed E-state index contributed by atoms with van der Waals surface area (Å²) in [7, 11) is 1.56. The normalized spacial score (nSPS) is 14.0. The molecule has 0 fully saturated rings. The number of benzene rings is 2. The van der Waals surface area contributed by atoms with E-state index in [0.717, 1.165) is 11.1 Å². The molecule has 1 heterocycles. The van der Waals surface area contributed by atoms with Gasteiger partial charge in [-0.2, -0.15) is 0 Å². The summed E-state index contributed by atoms with van der Waals surface area (Å²) in [5.41, 5.74) is 2.44. The van der Waals surface area contributed by atoms with Crippen molar-refractivity contribution >= 4 is 11.8 Å². The third-order valence-electron chi connectivity index (χ3n) is 3.90. The van der Waals surface area contributed by atoms with Gasteiger partial charge >= 0.3 is 0 Å². The molecule has 2 amide bonds. The molecule has 0 aliphatic carbocycles. The van der Waals surface area contributed by atoms with Gasteiger partial charge in [-0.05, 0) is 29.7 Å². The van der Waals surface area contributed by atoms with Crippen LogP contribution in [0.4, 0.5) is 0 Å². The molecule has 1 aliphatic heterocycles. The zero-order valence-electron chi connectivity index (χ0n) is 12.4. The average Bonchev–Trinajstić information content (AvgIpc) is 2.55. The van der Waals surface area contributed by atoms with Crippen LogP contribution in [0.25, 0.3) is 0 Å². The van der Waals surface area contributed by atoms with E-state index in [1.807, 2.05) is 30.3 Å². The number of nitrogens with zero attached hydrogens (tertiary/aromatic N) is 1. The summed E-state index contributed by atoms with van der Waals surface area (Å²) < 4.78 is 5.16. The lowest BCUT2D eigenvalue weighted by Gasteiger charge is -2.27. The fourth-order valence-corrected chi connectivity index (χ4v) is 2.66. The van der Waals surface area contributed by atoms with Crippen molar-refractivity contribution in [2.75, 3.05) is 13.7 Å². The van der Waals surface area contributed by atoms with Crippen molar-refractivity contribution in [1.82, 2.24) is 4.90 Å². The first-order chi connectivity index (χ1) is 10.7. The molecule has 0 atom stereocenters. The fourth-order valence-electron chi connectivity index (χ4n) is 2.66. The lowest BCUT2D eigenvalue weighted by Crippen LogP contribution is -2.43. The van der Waals surface area contributed by atoms with Gasteiger partial charge in [0.15, 0.2) is 0 Å². The molecule has 0 saturated heterocycles. The Morgan fingerprint density at radius 2 is 1.86 bits per heavy atom. The van der Waals surface area contributed by atoms with Crippen LogP contribution in [0.3, 0.4) is 0 Å². The highest BCUT2D eigenvalue weighted by Crippen LogP contribution is 2.24. The monoisotopic (exact) mass is 295 g/mol. The van der Waals surface area contributed by atoms with Crippen LogP contribution in [0.5, 0.6) is 5.75 Å². The van der Waals surface area contributed by atoms with E-state index in [2.05, 4.69) is 0 Å². The third-order valence-corrected chi connectivity index (χ3v) is 3.90. The van der Waals surface area contributed by atoms with Crippen LogP contribution >= 0.6 is 0 Å². The van der Waals surface area contributed by atoms with Gasteiger partial charge in [0.25, 0.3) is 5.91 Å². The Bertz CT molecular complexity index is 710. The summed E-state index contributed by atoms with van der Waals surface area (Å²) in [6.45, 7) is 0.401. The fraction of sp³-hybridized carbons (Fsp3) is 0.222. The SMILES string of the molecule is COc1ccc2c(c1)C(=O)N(CCc1ccccc1)C(=O)C2. The van der Waals surface area contributed by atoms with Crippen LogP contribution in [0.2, 0.25) is 0 Å². The number of imide groups is 1. The van der Waals surface area contributed by atoms with Crippen LogP contribution in [0.1, 0.15) is 21.5 Å². The van der Waals surface area contributed by atoms with Crippen molar-refractivity contribution in [2.24, 2.45) is 0 Å². The minimum Gasteiger partial charge on any atom is -0.497 e. The smallest absolute Gasteiger partial charge is 0.260 e. The molecule has 22 heavy (non-hydrogen) atoms. The number of methoxy groups -OCH3 is 1. The number of hydrogen-bond acceptors (Lipinski definition) is 3. The molecular formula is C18H17NO3. The first-order valence-electron chi connectivity index (χ1n) is 7.24. The maximum Gasteiger partial charge on any atom is 0.260 e. The molecule has 4 nitrogen and oxygen atoms in total. The summed E-state index contributed by atoms with van der Waals surface area (Å²) in [5, 5.41) is 0. The Morgan fingerprint density at radius 3 is 2.59 bits per heavy atom. The lowest BCUT2D eigenvalue weighted by atomic mass is 9.97. The topological polar surface area (TPSA) is 46.6 Å². The number of ether oxygens (including phenoxy) is 1. The van der Waals surface area contributed by atoms with E-state index in [4.69, 9.17) is 4.74 Å². The molecule has 0 unspecified atom stereocenters. The summed E-state index contributed by atoms with van der Waals surface area (Å²) in [6.07, 6.45) is 0.928. The molecule has 0 radical (unpaired) electrons. The van der Waals surface area contributed by atoms with Gasteiger partial charge in [0, 0.05) is 12.1 Å². The Hall–Kier alpha value is -2.62. The zero-order chi connectivity index (χ0) is 15.5. The second-order valence-electron chi connectivity index (χ2n) is 5.29. The van der Waals surface area contributed by atoms with Gasteiger partial charge in [-0.3, -0.25) is 14.5 Å². The standard InChI is InChI=1S/C18H17NO3/c1-22-15-8-7-14-11-17(20)19(18(21)16(14)12-15)10-9-13-5-3-2-4-6-13/h2-8,12H,9-11H2,1H3. The highest BCUT2D eigenvalue weighted by atomic mass is 16.5. The maximum atomic E-state index is 12.6. The third kappa shape index (κ3) is 2.72. The van der Waals surface area contributed by atoms with Gasteiger partial charge in [-0.1, -0.05) is 36.4 Å². The predicted molar refractivity (Wildman–Crippen MR) is 82.9 cm³/mol. The van der Waals surface area contributed by atoms with Crippen molar-refractivity contribution in [3.05, 3.63) is 65.2 Å². The number of carbonyl (C=O) groups excluding carboxylic acids is 2. The molecule has 3 rings (SSSR count). The molecule has 0 saturated carbocycles. The molecule has 2 aromatic carbocycles. The molecule has 0 N–H and O–H groups in total. The number of carbonyl (C=O) groups is 2. The van der Waals surface area contributed by atoms with Crippen LogP contribution in [-0.4, -0.2) is 30.4 Å². The number of amides is 2. The molecule has 4 heteroatoms.